The number of amides is 2. The third-order valence-corrected chi connectivity index (χ3v) is 6.69. The number of hydrogen-bond acceptors (Lipinski definition) is 7. The number of benzene rings is 3. The number of fused-ring (bicyclic) bond motifs is 2. The molecule has 6 rings (SSSR count). The van der Waals surface area contributed by atoms with Crippen LogP contribution in [0.15, 0.2) is 72.8 Å². The molecule has 36 heavy (non-hydrogen) atoms. The summed E-state index contributed by atoms with van der Waals surface area (Å²) in [6.45, 7) is 0. The molecule has 0 saturated heterocycles. The topological polar surface area (TPSA) is 98.6 Å². The molecule has 0 radical (unpaired) electrons. The van der Waals surface area contributed by atoms with Gasteiger partial charge in [0.1, 0.15) is 11.5 Å². The lowest BCUT2D eigenvalue weighted by Crippen LogP contribution is -2.30. The lowest BCUT2D eigenvalue weighted by Gasteiger charge is -2.31. The van der Waals surface area contributed by atoms with Crippen molar-refractivity contribution in [1.82, 2.24) is 14.8 Å². The van der Waals surface area contributed by atoms with Gasteiger partial charge in [-0.2, -0.15) is 4.98 Å². The quantitative estimate of drug-likeness (QED) is 0.426. The van der Waals surface area contributed by atoms with Crippen LogP contribution in [0.3, 0.4) is 0 Å². The van der Waals surface area contributed by atoms with Crippen molar-refractivity contribution in [3.8, 4) is 11.5 Å². The van der Waals surface area contributed by atoms with Crippen molar-refractivity contribution in [2.24, 2.45) is 0 Å². The number of aromatic nitrogens is 3. The zero-order valence-corrected chi connectivity index (χ0v) is 19.7. The van der Waals surface area contributed by atoms with E-state index in [9.17, 15) is 9.59 Å². The monoisotopic (exact) mass is 481 g/mol. The molecule has 0 unspecified atom stereocenters. The summed E-state index contributed by atoms with van der Waals surface area (Å²) in [5.74, 6) is 1.21. The second-order valence-electron chi connectivity index (χ2n) is 8.67. The molecule has 0 saturated carbocycles. The molecule has 2 amide bonds. The first-order valence-electron chi connectivity index (χ1n) is 11.6. The molecule has 0 spiro atoms. The summed E-state index contributed by atoms with van der Waals surface area (Å²) in [6, 6.07) is 22.2. The number of carbonyl (C=O) groups is 2. The van der Waals surface area contributed by atoms with Crippen LogP contribution in [0.4, 0.5) is 11.9 Å². The van der Waals surface area contributed by atoms with E-state index < -0.39 is 11.8 Å². The highest BCUT2D eigenvalue weighted by atomic mass is 16.5. The molecule has 2 aliphatic heterocycles. The summed E-state index contributed by atoms with van der Waals surface area (Å²) in [5.41, 5.74) is 2.78. The van der Waals surface area contributed by atoms with Crippen LogP contribution in [0.5, 0.6) is 11.5 Å². The van der Waals surface area contributed by atoms with E-state index in [-0.39, 0.29) is 18.0 Å². The second-order valence-corrected chi connectivity index (χ2v) is 8.67. The Morgan fingerprint density at radius 1 is 0.806 bits per heavy atom. The average Bonchev–Trinajstić information content (AvgIpc) is 3.46. The van der Waals surface area contributed by atoms with Gasteiger partial charge in [0.2, 0.25) is 5.95 Å². The standard InChI is InChI=1S/C27H23N5O4/c1-35-18-11-7-16(8-12-18)22-15-23(17-9-13-19(36-2)14-10-17)32-26(28-22)29-27(30-32)31-24(33)20-5-3-4-6-21(20)25(31)34/h3-14,22-23H,15H2,1-2H3,(H,28,29,30)/t22-,23-/m0/s1. The van der Waals surface area contributed by atoms with Crippen LogP contribution in [0.1, 0.15) is 50.3 Å². The number of imide groups is 1. The molecular weight excluding hydrogens is 458 g/mol. The summed E-state index contributed by atoms with van der Waals surface area (Å²) in [6.07, 6.45) is 0.677. The molecule has 0 aliphatic carbocycles. The minimum absolute atomic E-state index is 0.0533. The summed E-state index contributed by atoms with van der Waals surface area (Å²) < 4.78 is 12.4. The van der Waals surface area contributed by atoms with E-state index in [1.54, 1.807) is 43.2 Å². The summed E-state index contributed by atoms with van der Waals surface area (Å²) in [7, 11) is 3.26. The van der Waals surface area contributed by atoms with Crippen molar-refractivity contribution in [3.63, 3.8) is 0 Å². The van der Waals surface area contributed by atoms with Gasteiger partial charge in [0.25, 0.3) is 17.8 Å². The third-order valence-electron chi connectivity index (χ3n) is 6.69. The number of ether oxygens (including phenoxy) is 2. The molecule has 0 fully saturated rings. The van der Waals surface area contributed by atoms with Crippen LogP contribution in [-0.2, 0) is 0 Å². The molecule has 4 aromatic rings. The van der Waals surface area contributed by atoms with Gasteiger partial charge in [-0.3, -0.25) is 9.59 Å². The van der Waals surface area contributed by atoms with E-state index in [4.69, 9.17) is 9.47 Å². The number of methoxy groups -OCH3 is 2. The molecule has 2 atom stereocenters. The van der Waals surface area contributed by atoms with E-state index in [1.807, 2.05) is 48.5 Å². The number of hydrogen-bond donors (Lipinski definition) is 1. The van der Waals surface area contributed by atoms with E-state index >= 15 is 0 Å². The van der Waals surface area contributed by atoms with Gasteiger partial charge in [-0.25, -0.2) is 9.58 Å². The average molecular weight is 482 g/mol. The minimum atomic E-state index is -0.425. The van der Waals surface area contributed by atoms with Crippen LogP contribution < -0.4 is 19.7 Å². The van der Waals surface area contributed by atoms with Crippen LogP contribution in [0.2, 0.25) is 0 Å². The summed E-state index contributed by atoms with van der Waals surface area (Å²) in [5, 5.41) is 8.09. The fourth-order valence-corrected chi connectivity index (χ4v) is 4.79. The molecule has 0 bridgehead atoms. The lowest BCUT2D eigenvalue weighted by atomic mass is 9.93. The molecule has 1 aromatic heterocycles. The molecule has 9 nitrogen and oxygen atoms in total. The van der Waals surface area contributed by atoms with E-state index in [2.05, 4.69) is 15.4 Å². The Labute approximate surface area is 207 Å². The Kier molecular flexibility index (Phi) is 5.18. The van der Waals surface area contributed by atoms with Crippen LogP contribution in [-0.4, -0.2) is 40.8 Å². The van der Waals surface area contributed by atoms with Crippen LogP contribution in [0, 0.1) is 0 Å². The van der Waals surface area contributed by atoms with Gasteiger partial charge in [-0.05, 0) is 53.9 Å². The molecule has 1 N–H and O–H groups in total. The minimum Gasteiger partial charge on any atom is -0.497 e. The lowest BCUT2D eigenvalue weighted by molar-refractivity contribution is 0.0923. The van der Waals surface area contributed by atoms with Gasteiger partial charge in [-0.15, -0.1) is 5.10 Å². The van der Waals surface area contributed by atoms with E-state index in [0.29, 0.717) is 23.5 Å². The molecule has 2 aliphatic rings. The van der Waals surface area contributed by atoms with Gasteiger partial charge in [-0.1, -0.05) is 36.4 Å². The number of carbonyl (C=O) groups excluding carboxylic acids is 2. The Balaban J connectivity index is 1.41. The molecule has 180 valence electrons. The van der Waals surface area contributed by atoms with Crippen molar-refractivity contribution in [3.05, 3.63) is 95.1 Å². The SMILES string of the molecule is COc1ccc([C@@H]2C[C@@H](c3ccc(OC)cc3)n3nc(N4C(=O)c5ccccc5C4=O)nc3N2)cc1. The van der Waals surface area contributed by atoms with Gasteiger partial charge in [0.05, 0.1) is 37.4 Å². The molecule has 9 heteroatoms. The predicted octanol–water partition coefficient (Wildman–Crippen LogP) is 4.24. The molecule has 3 heterocycles. The number of nitrogens with one attached hydrogen (secondary N) is 1. The van der Waals surface area contributed by atoms with E-state index in [0.717, 1.165) is 27.5 Å². The Bertz CT molecular complexity index is 1430. The number of nitrogens with zero attached hydrogens (tertiary/aromatic N) is 4. The highest BCUT2D eigenvalue weighted by Crippen LogP contribution is 2.40. The second kappa shape index (κ2) is 8.53. The largest absolute Gasteiger partial charge is 0.497 e. The summed E-state index contributed by atoms with van der Waals surface area (Å²) in [4.78, 5) is 31.8. The maximum absolute atomic E-state index is 13.1. The molecule has 3 aromatic carbocycles. The Morgan fingerprint density at radius 3 is 1.92 bits per heavy atom. The van der Waals surface area contributed by atoms with E-state index in [1.165, 1.54) is 0 Å². The first-order valence-corrected chi connectivity index (χ1v) is 11.6. The predicted molar refractivity (Wildman–Crippen MR) is 133 cm³/mol. The fourth-order valence-electron chi connectivity index (χ4n) is 4.79. The Morgan fingerprint density at radius 2 is 1.36 bits per heavy atom. The number of anilines is 2. The maximum atomic E-state index is 13.1. The maximum Gasteiger partial charge on any atom is 0.268 e. The van der Waals surface area contributed by atoms with Crippen molar-refractivity contribution in [2.75, 3.05) is 24.4 Å². The zero-order chi connectivity index (χ0) is 24.8. The van der Waals surface area contributed by atoms with Crippen LogP contribution in [0.25, 0.3) is 0 Å². The fraction of sp³-hybridized carbons (Fsp3) is 0.185. The summed E-state index contributed by atoms with van der Waals surface area (Å²) >= 11 is 0. The van der Waals surface area contributed by atoms with Crippen LogP contribution >= 0.6 is 0 Å². The van der Waals surface area contributed by atoms with Crippen molar-refractivity contribution in [1.29, 1.82) is 0 Å². The highest BCUT2D eigenvalue weighted by Gasteiger charge is 2.40. The first-order chi connectivity index (χ1) is 17.6. The highest BCUT2D eigenvalue weighted by molar-refractivity contribution is 6.33. The first kappa shape index (κ1) is 21.8. The normalized spacial score (nSPS) is 18.4. The van der Waals surface area contributed by atoms with Gasteiger partial charge >= 0.3 is 0 Å². The van der Waals surface area contributed by atoms with Crippen molar-refractivity contribution >= 4 is 23.7 Å². The third kappa shape index (κ3) is 3.48. The van der Waals surface area contributed by atoms with Gasteiger partial charge < -0.3 is 14.8 Å². The Hall–Kier alpha value is -4.66. The van der Waals surface area contributed by atoms with Gasteiger partial charge in [0, 0.05) is 0 Å². The zero-order valence-electron chi connectivity index (χ0n) is 19.7. The van der Waals surface area contributed by atoms with Crippen molar-refractivity contribution in [2.45, 2.75) is 18.5 Å². The smallest absolute Gasteiger partial charge is 0.268 e. The van der Waals surface area contributed by atoms with Crippen molar-refractivity contribution < 1.29 is 19.1 Å². The van der Waals surface area contributed by atoms with Gasteiger partial charge in [0.15, 0.2) is 0 Å². The number of rotatable bonds is 5. The molecular formula is C27H23N5O4.